The topological polar surface area (TPSA) is 9.23 Å². The van der Waals surface area contributed by atoms with E-state index in [4.69, 9.17) is 4.74 Å². The maximum absolute atomic E-state index is 11.9. The Morgan fingerprint density at radius 3 is 1.71 bits per heavy atom. The van der Waals surface area contributed by atoms with Gasteiger partial charge in [-0.2, -0.15) is 0 Å². The third-order valence-electron chi connectivity index (χ3n) is 2.07. The molecule has 0 bridgehead atoms. The van der Waals surface area contributed by atoms with Crippen molar-refractivity contribution in [1.82, 2.24) is 0 Å². The molecule has 0 aromatic heterocycles. The van der Waals surface area contributed by atoms with Crippen molar-refractivity contribution in [2.75, 3.05) is 7.11 Å². The van der Waals surface area contributed by atoms with Crippen molar-refractivity contribution in [3.8, 4) is 0 Å². The van der Waals surface area contributed by atoms with E-state index < -0.39 is 5.92 Å². The van der Waals surface area contributed by atoms with E-state index in [1.54, 1.807) is 7.11 Å². The number of unbranched alkanes of at least 4 members (excludes halogenated alkanes) is 1. The van der Waals surface area contributed by atoms with Crippen LogP contribution < -0.4 is 0 Å². The van der Waals surface area contributed by atoms with E-state index >= 15 is 0 Å². The van der Waals surface area contributed by atoms with Gasteiger partial charge in [-0.05, 0) is 26.7 Å². The molecule has 1 unspecified atom stereocenters. The molecule has 0 fully saturated rings. The molecule has 0 spiro atoms. The van der Waals surface area contributed by atoms with Crippen molar-refractivity contribution in [2.24, 2.45) is 0 Å². The fraction of sp³-hybridized carbons (Fsp3) is 1.00. The molecule has 0 aromatic carbocycles. The average Bonchev–Trinajstić information content (AvgIpc) is 2.15. The summed E-state index contributed by atoms with van der Waals surface area (Å²) >= 11 is 0. The lowest BCUT2D eigenvalue weighted by Gasteiger charge is -2.06. The standard InChI is InChI=1S/C6H12F2.C6H14O.2CH4/c1-3-4-5-6(2,7)8;1-4-5-6(2)7-3;;/h3-5H2,1-2H3;6H,4-5H2,1-3H3;2*1H4. The van der Waals surface area contributed by atoms with Gasteiger partial charge in [-0.3, -0.25) is 0 Å². The van der Waals surface area contributed by atoms with Crippen molar-refractivity contribution in [2.45, 2.75) is 86.7 Å². The molecule has 0 N–H and O–H groups in total. The smallest absolute Gasteiger partial charge is 0.245 e. The zero-order chi connectivity index (χ0) is 12.3. The number of methoxy groups -OCH3 is 1. The van der Waals surface area contributed by atoms with Crippen LogP contribution in [0.3, 0.4) is 0 Å². The van der Waals surface area contributed by atoms with Crippen LogP contribution in [-0.4, -0.2) is 19.1 Å². The fourth-order valence-electron chi connectivity index (χ4n) is 1.01. The first-order valence-electron chi connectivity index (χ1n) is 5.78. The monoisotopic (exact) mass is 256 g/mol. The highest BCUT2D eigenvalue weighted by Gasteiger charge is 2.18. The summed E-state index contributed by atoms with van der Waals surface area (Å²) in [6, 6.07) is 0. The van der Waals surface area contributed by atoms with Gasteiger partial charge in [-0.15, -0.1) is 0 Å². The minimum absolute atomic E-state index is 0. The Kier molecular flexibility index (Phi) is 23.8. The van der Waals surface area contributed by atoms with Crippen LogP contribution in [0.25, 0.3) is 0 Å². The van der Waals surface area contributed by atoms with Gasteiger partial charge in [-0.25, -0.2) is 8.78 Å². The Bertz CT molecular complexity index is 122. The molecule has 110 valence electrons. The summed E-state index contributed by atoms with van der Waals surface area (Å²) in [4.78, 5) is 0. The van der Waals surface area contributed by atoms with Crippen LogP contribution >= 0.6 is 0 Å². The summed E-state index contributed by atoms with van der Waals surface area (Å²) < 4.78 is 28.8. The predicted molar refractivity (Wildman–Crippen MR) is 75.0 cm³/mol. The number of hydrogen-bond donors (Lipinski definition) is 0. The van der Waals surface area contributed by atoms with Crippen molar-refractivity contribution >= 4 is 0 Å². The Balaban J connectivity index is -0.0000000896. The molecule has 0 rings (SSSR count). The van der Waals surface area contributed by atoms with E-state index in [-0.39, 0.29) is 21.3 Å². The summed E-state index contributed by atoms with van der Waals surface area (Å²) in [6.07, 6.45) is 4.35. The highest BCUT2D eigenvalue weighted by Crippen LogP contribution is 2.18. The first-order valence-corrected chi connectivity index (χ1v) is 5.78. The molecular weight excluding hydrogens is 222 g/mol. The maximum atomic E-state index is 11.9. The van der Waals surface area contributed by atoms with Gasteiger partial charge in [-0.1, -0.05) is 41.5 Å². The lowest BCUT2D eigenvalue weighted by Crippen LogP contribution is -2.07. The number of alkyl halides is 2. The van der Waals surface area contributed by atoms with E-state index in [0.717, 1.165) is 13.3 Å². The second-order valence-electron chi connectivity index (χ2n) is 4.01. The molecule has 1 atom stereocenters. The van der Waals surface area contributed by atoms with E-state index in [2.05, 4.69) is 13.8 Å². The molecule has 0 aliphatic rings. The van der Waals surface area contributed by atoms with Gasteiger partial charge in [0.15, 0.2) is 0 Å². The van der Waals surface area contributed by atoms with E-state index in [9.17, 15) is 8.78 Å². The number of halogens is 2. The summed E-state index contributed by atoms with van der Waals surface area (Å²) in [7, 11) is 1.75. The highest BCUT2D eigenvalue weighted by atomic mass is 19.3. The largest absolute Gasteiger partial charge is 0.382 e. The third kappa shape index (κ3) is 31.3. The van der Waals surface area contributed by atoms with Crippen LogP contribution in [0.15, 0.2) is 0 Å². The van der Waals surface area contributed by atoms with Crippen LogP contribution in [0.2, 0.25) is 0 Å². The second kappa shape index (κ2) is 15.8. The van der Waals surface area contributed by atoms with Crippen LogP contribution in [0.4, 0.5) is 8.78 Å². The molecule has 0 saturated heterocycles. The van der Waals surface area contributed by atoms with Gasteiger partial charge in [0.1, 0.15) is 0 Å². The Hall–Kier alpha value is -0.180. The van der Waals surface area contributed by atoms with Crippen LogP contribution in [-0.2, 0) is 4.74 Å². The van der Waals surface area contributed by atoms with Gasteiger partial charge in [0.25, 0.3) is 0 Å². The molecule has 0 heterocycles. The first-order chi connectivity index (χ1) is 6.87. The van der Waals surface area contributed by atoms with Crippen molar-refractivity contribution in [3.63, 3.8) is 0 Å². The summed E-state index contributed by atoms with van der Waals surface area (Å²) in [6.45, 7) is 7.12. The molecule has 0 aliphatic carbocycles. The van der Waals surface area contributed by atoms with Crippen molar-refractivity contribution in [3.05, 3.63) is 0 Å². The number of hydrogen-bond acceptors (Lipinski definition) is 1. The third-order valence-corrected chi connectivity index (χ3v) is 2.07. The quantitative estimate of drug-likeness (QED) is 0.572. The van der Waals surface area contributed by atoms with Gasteiger partial charge in [0.2, 0.25) is 5.92 Å². The Morgan fingerprint density at radius 1 is 1.12 bits per heavy atom. The molecule has 1 nitrogen and oxygen atoms in total. The van der Waals surface area contributed by atoms with Crippen LogP contribution in [0.1, 0.15) is 74.7 Å². The lowest BCUT2D eigenvalue weighted by molar-refractivity contribution is 0.0108. The molecule has 0 radical (unpaired) electrons. The summed E-state index contributed by atoms with van der Waals surface area (Å²) in [5.41, 5.74) is 0. The average molecular weight is 256 g/mol. The molecule has 0 amide bonds. The minimum Gasteiger partial charge on any atom is -0.382 e. The SMILES string of the molecule is C.C.CCCC(C)OC.CCCCC(C)(F)F. The van der Waals surface area contributed by atoms with Gasteiger partial charge >= 0.3 is 0 Å². The van der Waals surface area contributed by atoms with Crippen molar-refractivity contribution < 1.29 is 13.5 Å². The van der Waals surface area contributed by atoms with Gasteiger partial charge in [0.05, 0.1) is 6.10 Å². The van der Waals surface area contributed by atoms with Crippen LogP contribution in [0.5, 0.6) is 0 Å². The zero-order valence-corrected chi connectivity index (χ0v) is 10.8. The maximum Gasteiger partial charge on any atom is 0.245 e. The zero-order valence-electron chi connectivity index (χ0n) is 10.8. The minimum atomic E-state index is -2.45. The summed E-state index contributed by atoms with van der Waals surface area (Å²) in [5.74, 6) is -2.45. The highest BCUT2D eigenvalue weighted by molar-refractivity contribution is 4.55. The molecule has 17 heavy (non-hydrogen) atoms. The Labute approximate surface area is 108 Å². The number of ether oxygens (including phenoxy) is 1. The Morgan fingerprint density at radius 2 is 1.59 bits per heavy atom. The molecule has 0 saturated carbocycles. The van der Waals surface area contributed by atoms with Crippen molar-refractivity contribution in [1.29, 1.82) is 0 Å². The molecular formula is C14H34F2O. The van der Waals surface area contributed by atoms with E-state index in [1.165, 1.54) is 12.8 Å². The molecule has 3 heteroatoms. The van der Waals surface area contributed by atoms with E-state index in [1.807, 2.05) is 6.92 Å². The second-order valence-corrected chi connectivity index (χ2v) is 4.01. The molecule has 0 aromatic rings. The lowest BCUT2D eigenvalue weighted by atomic mass is 10.2. The van der Waals surface area contributed by atoms with Crippen LogP contribution in [0, 0.1) is 0 Å². The molecule has 0 aliphatic heterocycles. The van der Waals surface area contributed by atoms with Gasteiger partial charge in [0, 0.05) is 13.5 Å². The van der Waals surface area contributed by atoms with E-state index in [0.29, 0.717) is 12.5 Å². The predicted octanol–water partition coefficient (Wildman–Crippen LogP) is 5.93. The fourth-order valence-corrected chi connectivity index (χ4v) is 1.01. The van der Waals surface area contributed by atoms with Gasteiger partial charge < -0.3 is 4.74 Å². The normalized spacial score (nSPS) is 11.5. The number of rotatable bonds is 6. The first kappa shape index (κ1) is 25.6. The summed E-state index contributed by atoms with van der Waals surface area (Å²) in [5, 5.41) is 0.